The van der Waals surface area contributed by atoms with Gasteiger partial charge in [0.05, 0.1) is 23.1 Å². The summed E-state index contributed by atoms with van der Waals surface area (Å²) in [4.78, 5) is 25.2. The summed E-state index contributed by atoms with van der Waals surface area (Å²) in [5.41, 5.74) is 2.41. The molecule has 33 heavy (non-hydrogen) atoms. The summed E-state index contributed by atoms with van der Waals surface area (Å²) < 4.78 is 41.1. The van der Waals surface area contributed by atoms with E-state index < -0.39 is 27.9 Å². The smallest absolute Gasteiger partial charge is 0.338 e. The number of esters is 1. The topological polar surface area (TPSA) is 125 Å². The fraction of sp³-hybridized carbons (Fsp3) is 0.261. The SMILES string of the molecule is Cc1noc(C)c1COc1cccc(C(=O)OC(C)C(=O)c2ccc(NS(C)(=O)=O)cc2)c1. The number of aromatic nitrogens is 1. The van der Waals surface area contributed by atoms with E-state index in [0.717, 1.165) is 17.5 Å². The Labute approximate surface area is 191 Å². The van der Waals surface area contributed by atoms with Crippen molar-refractivity contribution < 1.29 is 32.0 Å². The van der Waals surface area contributed by atoms with Gasteiger partial charge in [0.1, 0.15) is 18.1 Å². The van der Waals surface area contributed by atoms with Crippen LogP contribution in [0.3, 0.4) is 0 Å². The third-order valence-electron chi connectivity index (χ3n) is 4.76. The number of hydrogen-bond donors (Lipinski definition) is 1. The molecule has 1 heterocycles. The Bertz CT molecular complexity index is 1240. The molecule has 0 fully saturated rings. The van der Waals surface area contributed by atoms with E-state index in [0.29, 0.717) is 17.2 Å². The lowest BCUT2D eigenvalue weighted by Gasteiger charge is -2.13. The second-order valence-corrected chi connectivity index (χ2v) is 9.23. The molecule has 0 saturated carbocycles. The van der Waals surface area contributed by atoms with Crippen molar-refractivity contribution in [3.63, 3.8) is 0 Å². The minimum absolute atomic E-state index is 0.235. The highest BCUT2D eigenvalue weighted by Gasteiger charge is 2.21. The average molecular weight is 473 g/mol. The van der Waals surface area contributed by atoms with Crippen LogP contribution in [0.1, 0.15) is 44.7 Å². The first-order valence-electron chi connectivity index (χ1n) is 10.0. The van der Waals surface area contributed by atoms with Gasteiger partial charge < -0.3 is 14.0 Å². The van der Waals surface area contributed by atoms with Crippen LogP contribution in [0.2, 0.25) is 0 Å². The van der Waals surface area contributed by atoms with E-state index in [-0.39, 0.29) is 17.7 Å². The van der Waals surface area contributed by atoms with E-state index in [9.17, 15) is 18.0 Å². The van der Waals surface area contributed by atoms with Gasteiger partial charge in [0, 0.05) is 11.3 Å². The number of anilines is 1. The third-order valence-corrected chi connectivity index (χ3v) is 5.37. The van der Waals surface area contributed by atoms with Gasteiger partial charge in [-0.2, -0.15) is 0 Å². The number of nitrogens with one attached hydrogen (secondary N) is 1. The number of nitrogens with zero attached hydrogens (tertiary/aromatic N) is 1. The van der Waals surface area contributed by atoms with Crippen LogP contribution in [0.4, 0.5) is 5.69 Å². The molecule has 1 atom stereocenters. The molecule has 0 aliphatic heterocycles. The molecule has 1 N–H and O–H groups in total. The summed E-state index contributed by atoms with van der Waals surface area (Å²) in [7, 11) is -3.42. The highest BCUT2D eigenvalue weighted by atomic mass is 32.2. The Balaban J connectivity index is 1.62. The fourth-order valence-corrected chi connectivity index (χ4v) is 3.57. The second-order valence-electron chi connectivity index (χ2n) is 7.48. The Kier molecular flexibility index (Phi) is 7.17. The number of sulfonamides is 1. The Morgan fingerprint density at radius 3 is 2.39 bits per heavy atom. The monoisotopic (exact) mass is 472 g/mol. The lowest BCUT2D eigenvalue weighted by molar-refractivity contribution is 0.0318. The highest BCUT2D eigenvalue weighted by Crippen LogP contribution is 2.20. The average Bonchev–Trinajstić information content (AvgIpc) is 3.08. The third kappa shape index (κ3) is 6.42. The molecular weight excluding hydrogens is 448 g/mol. The Morgan fingerprint density at radius 1 is 1.09 bits per heavy atom. The summed E-state index contributed by atoms with van der Waals surface area (Å²) in [6.45, 7) is 5.32. The molecule has 1 unspecified atom stereocenters. The van der Waals surface area contributed by atoms with Gasteiger partial charge in [-0.1, -0.05) is 11.2 Å². The van der Waals surface area contributed by atoms with Gasteiger partial charge in [0.15, 0.2) is 6.10 Å². The highest BCUT2D eigenvalue weighted by molar-refractivity contribution is 7.92. The first-order chi connectivity index (χ1) is 15.5. The molecule has 3 aromatic rings. The first-order valence-corrected chi connectivity index (χ1v) is 11.9. The van der Waals surface area contributed by atoms with Gasteiger partial charge in [0.25, 0.3) is 0 Å². The molecule has 1 aromatic heterocycles. The summed E-state index contributed by atoms with van der Waals surface area (Å²) in [6, 6.07) is 12.3. The number of ketones is 1. The van der Waals surface area contributed by atoms with Crippen molar-refractivity contribution in [2.24, 2.45) is 0 Å². The largest absolute Gasteiger partial charge is 0.489 e. The quantitative estimate of drug-likeness (QED) is 0.369. The van der Waals surface area contributed by atoms with Crippen LogP contribution in [-0.4, -0.2) is 37.7 Å². The van der Waals surface area contributed by atoms with Crippen LogP contribution in [0, 0.1) is 13.8 Å². The van der Waals surface area contributed by atoms with Crippen LogP contribution < -0.4 is 9.46 Å². The molecule has 0 amide bonds. The zero-order valence-electron chi connectivity index (χ0n) is 18.6. The Hall–Kier alpha value is -3.66. The maximum absolute atomic E-state index is 12.6. The van der Waals surface area contributed by atoms with Crippen LogP contribution in [0.25, 0.3) is 0 Å². The van der Waals surface area contributed by atoms with E-state index in [1.54, 1.807) is 25.1 Å². The van der Waals surface area contributed by atoms with Gasteiger partial charge in [-0.05, 0) is 63.2 Å². The number of hydrogen-bond acceptors (Lipinski definition) is 8. The molecule has 2 aromatic carbocycles. The number of aryl methyl sites for hydroxylation is 2. The van der Waals surface area contributed by atoms with Crippen LogP contribution in [0.15, 0.2) is 53.1 Å². The summed E-state index contributed by atoms with van der Waals surface area (Å²) in [6.07, 6.45) is -0.0113. The molecule has 174 valence electrons. The van der Waals surface area contributed by atoms with E-state index in [4.69, 9.17) is 14.0 Å². The molecule has 0 aliphatic rings. The van der Waals surface area contributed by atoms with E-state index in [2.05, 4.69) is 9.88 Å². The predicted molar refractivity (Wildman–Crippen MR) is 121 cm³/mol. The van der Waals surface area contributed by atoms with E-state index in [1.165, 1.54) is 37.3 Å². The fourth-order valence-electron chi connectivity index (χ4n) is 3.01. The first kappa shape index (κ1) is 24.0. The van der Waals surface area contributed by atoms with Gasteiger partial charge >= 0.3 is 5.97 Å². The zero-order chi connectivity index (χ0) is 24.2. The number of carbonyl (C=O) groups excluding carboxylic acids is 2. The number of rotatable bonds is 9. The molecule has 10 heteroatoms. The van der Waals surface area contributed by atoms with Gasteiger partial charge in [-0.15, -0.1) is 0 Å². The molecule has 0 radical (unpaired) electrons. The van der Waals surface area contributed by atoms with Gasteiger partial charge in [0.2, 0.25) is 15.8 Å². The van der Waals surface area contributed by atoms with Crippen molar-refractivity contribution in [2.45, 2.75) is 33.5 Å². The molecule has 3 rings (SSSR count). The molecule has 0 spiro atoms. The molecule has 0 aliphatic carbocycles. The van der Waals surface area contributed by atoms with Crippen molar-refractivity contribution in [1.82, 2.24) is 5.16 Å². The number of Topliss-reactive ketones (excluding diaryl/α,β-unsaturated/α-hetero) is 1. The van der Waals surface area contributed by atoms with E-state index >= 15 is 0 Å². The lowest BCUT2D eigenvalue weighted by atomic mass is 10.1. The summed E-state index contributed by atoms with van der Waals surface area (Å²) in [5, 5.41) is 3.88. The lowest BCUT2D eigenvalue weighted by Crippen LogP contribution is -2.24. The van der Waals surface area contributed by atoms with Gasteiger partial charge in [-0.3, -0.25) is 9.52 Å². The van der Waals surface area contributed by atoms with Crippen molar-refractivity contribution in [3.05, 3.63) is 76.7 Å². The molecule has 9 nitrogen and oxygen atoms in total. The maximum Gasteiger partial charge on any atom is 0.338 e. The number of ether oxygens (including phenoxy) is 2. The minimum atomic E-state index is -3.42. The predicted octanol–water partition coefficient (Wildman–Crippen LogP) is 3.67. The number of benzene rings is 2. The molecule has 0 saturated heterocycles. The summed E-state index contributed by atoms with van der Waals surface area (Å²) >= 11 is 0. The minimum Gasteiger partial charge on any atom is -0.489 e. The molecule has 0 bridgehead atoms. The van der Waals surface area contributed by atoms with Crippen molar-refractivity contribution in [3.8, 4) is 5.75 Å². The van der Waals surface area contributed by atoms with E-state index in [1.807, 2.05) is 6.92 Å². The number of carbonyl (C=O) groups is 2. The summed E-state index contributed by atoms with van der Waals surface area (Å²) in [5.74, 6) is 0.0296. The van der Waals surface area contributed by atoms with Crippen molar-refractivity contribution >= 4 is 27.5 Å². The second kappa shape index (κ2) is 9.86. The Morgan fingerprint density at radius 2 is 1.79 bits per heavy atom. The molecular formula is C23H24N2O7S. The standard InChI is InChI=1S/C23H24N2O7S/c1-14-21(15(2)32-24-14)13-30-20-7-5-6-18(12-20)23(27)31-16(3)22(26)17-8-10-19(11-9-17)25-33(4,28)29/h5-12,16,25H,13H2,1-4H3. The maximum atomic E-state index is 12.6. The van der Waals surface area contributed by atoms with Crippen molar-refractivity contribution in [1.29, 1.82) is 0 Å². The van der Waals surface area contributed by atoms with Crippen LogP contribution in [0.5, 0.6) is 5.75 Å². The van der Waals surface area contributed by atoms with Crippen LogP contribution >= 0.6 is 0 Å². The van der Waals surface area contributed by atoms with Gasteiger partial charge in [-0.25, -0.2) is 13.2 Å². The zero-order valence-corrected chi connectivity index (χ0v) is 19.4. The normalized spacial score (nSPS) is 12.1. The van der Waals surface area contributed by atoms with Crippen LogP contribution in [-0.2, 0) is 21.4 Å². The van der Waals surface area contributed by atoms with Crippen molar-refractivity contribution in [2.75, 3.05) is 11.0 Å².